The second-order valence-electron chi connectivity index (χ2n) is 3.99. The van der Waals surface area contributed by atoms with Crippen molar-refractivity contribution < 1.29 is 23.5 Å². The van der Waals surface area contributed by atoms with Crippen LogP contribution in [0.2, 0.25) is 0 Å². The van der Waals surface area contributed by atoms with E-state index in [4.69, 9.17) is 5.11 Å². The van der Waals surface area contributed by atoms with Crippen LogP contribution < -0.4 is 4.90 Å². The third-order valence-electron chi connectivity index (χ3n) is 2.57. The van der Waals surface area contributed by atoms with Crippen LogP contribution in [-0.2, 0) is 9.59 Å². The lowest BCUT2D eigenvalue weighted by atomic mass is 10.1. The van der Waals surface area contributed by atoms with Crippen molar-refractivity contribution in [2.45, 2.75) is 13.3 Å². The first-order valence-corrected chi connectivity index (χ1v) is 5.27. The first kappa shape index (κ1) is 14.1. The van der Waals surface area contributed by atoms with Crippen molar-refractivity contribution >= 4 is 17.6 Å². The van der Waals surface area contributed by atoms with Gasteiger partial charge in [-0.1, -0.05) is 6.92 Å². The van der Waals surface area contributed by atoms with Crippen LogP contribution in [0.25, 0.3) is 0 Å². The Hall–Kier alpha value is -1.98. The maximum atomic E-state index is 13.0. The molecule has 0 spiro atoms. The summed E-state index contributed by atoms with van der Waals surface area (Å²) >= 11 is 0. The molecule has 0 saturated heterocycles. The molecule has 1 aromatic carbocycles. The standard InChI is InChI=1S/C12H13F2NO3/c1-7(12(17)18)5-11(16)15(2)8-3-4-9(13)10(14)6-8/h3-4,6-7H,5H2,1-2H3,(H,17,18). The molecule has 0 radical (unpaired) electrons. The molecule has 1 aromatic rings. The molecule has 0 aliphatic carbocycles. The molecule has 1 N–H and O–H groups in total. The van der Waals surface area contributed by atoms with Gasteiger partial charge >= 0.3 is 5.97 Å². The molecule has 1 unspecified atom stereocenters. The summed E-state index contributed by atoms with van der Waals surface area (Å²) in [6, 6.07) is 3.05. The highest BCUT2D eigenvalue weighted by molar-refractivity contribution is 5.94. The highest BCUT2D eigenvalue weighted by atomic mass is 19.2. The molecule has 0 aliphatic rings. The van der Waals surface area contributed by atoms with E-state index >= 15 is 0 Å². The van der Waals surface area contributed by atoms with Gasteiger partial charge < -0.3 is 10.0 Å². The van der Waals surface area contributed by atoms with Crippen molar-refractivity contribution in [1.82, 2.24) is 0 Å². The minimum Gasteiger partial charge on any atom is -0.481 e. The number of amides is 1. The Morgan fingerprint density at radius 2 is 1.94 bits per heavy atom. The zero-order valence-corrected chi connectivity index (χ0v) is 9.98. The summed E-state index contributed by atoms with van der Waals surface area (Å²) in [5.74, 6) is -4.44. The highest BCUT2D eigenvalue weighted by Gasteiger charge is 2.20. The van der Waals surface area contributed by atoms with Gasteiger partial charge in [-0.25, -0.2) is 8.78 Å². The first-order valence-electron chi connectivity index (χ1n) is 5.27. The molecule has 1 amide bonds. The van der Waals surface area contributed by atoms with Crippen LogP contribution in [0.4, 0.5) is 14.5 Å². The van der Waals surface area contributed by atoms with E-state index in [0.717, 1.165) is 17.0 Å². The van der Waals surface area contributed by atoms with Crippen molar-refractivity contribution in [1.29, 1.82) is 0 Å². The van der Waals surface area contributed by atoms with E-state index in [1.165, 1.54) is 20.0 Å². The number of carboxylic acid groups (broad SMARTS) is 1. The van der Waals surface area contributed by atoms with Gasteiger partial charge in [0.05, 0.1) is 5.92 Å². The van der Waals surface area contributed by atoms with E-state index in [-0.39, 0.29) is 12.1 Å². The number of halogens is 2. The molecule has 0 aromatic heterocycles. The topological polar surface area (TPSA) is 57.6 Å². The molecule has 4 nitrogen and oxygen atoms in total. The lowest BCUT2D eigenvalue weighted by Crippen LogP contribution is -2.29. The summed E-state index contributed by atoms with van der Waals surface area (Å²) in [6.45, 7) is 1.40. The molecule has 0 aliphatic heterocycles. The fourth-order valence-electron chi connectivity index (χ4n) is 1.32. The first-order chi connectivity index (χ1) is 8.32. The van der Waals surface area contributed by atoms with Crippen LogP contribution in [0.5, 0.6) is 0 Å². The van der Waals surface area contributed by atoms with Crippen molar-refractivity contribution in [2.24, 2.45) is 5.92 Å². The Labute approximate surface area is 103 Å². The van der Waals surface area contributed by atoms with Gasteiger partial charge in [0, 0.05) is 25.2 Å². The predicted molar refractivity (Wildman–Crippen MR) is 61.2 cm³/mol. The van der Waals surface area contributed by atoms with E-state index in [9.17, 15) is 18.4 Å². The van der Waals surface area contributed by atoms with Crippen LogP contribution in [0.1, 0.15) is 13.3 Å². The Bertz CT molecular complexity index is 476. The largest absolute Gasteiger partial charge is 0.481 e. The number of carbonyl (C=O) groups is 2. The van der Waals surface area contributed by atoms with Crippen molar-refractivity contribution in [2.75, 3.05) is 11.9 Å². The lowest BCUT2D eigenvalue weighted by molar-refractivity contribution is -0.143. The second kappa shape index (κ2) is 5.57. The minimum absolute atomic E-state index is 0.177. The van der Waals surface area contributed by atoms with E-state index in [1.807, 2.05) is 0 Å². The number of hydrogen-bond acceptors (Lipinski definition) is 2. The Kier molecular flexibility index (Phi) is 4.36. The monoisotopic (exact) mass is 257 g/mol. The molecule has 0 bridgehead atoms. The van der Waals surface area contributed by atoms with Gasteiger partial charge in [0.15, 0.2) is 11.6 Å². The van der Waals surface area contributed by atoms with Crippen LogP contribution in [0.3, 0.4) is 0 Å². The molecular weight excluding hydrogens is 244 g/mol. The van der Waals surface area contributed by atoms with Gasteiger partial charge in [0.25, 0.3) is 0 Å². The second-order valence-corrected chi connectivity index (χ2v) is 3.99. The predicted octanol–water partition coefficient (Wildman–Crippen LogP) is 2.04. The molecule has 18 heavy (non-hydrogen) atoms. The molecule has 1 atom stereocenters. The SMILES string of the molecule is CC(CC(=O)N(C)c1ccc(F)c(F)c1)C(=O)O. The average molecular weight is 257 g/mol. The van der Waals surface area contributed by atoms with Gasteiger partial charge in [-0.05, 0) is 12.1 Å². The molecule has 0 heterocycles. The number of hydrogen-bond donors (Lipinski definition) is 1. The van der Waals surface area contributed by atoms with Crippen molar-refractivity contribution in [3.8, 4) is 0 Å². The third-order valence-corrected chi connectivity index (χ3v) is 2.57. The molecule has 1 rings (SSSR count). The summed E-state index contributed by atoms with van der Waals surface area (Å²) in [7, 11) is 1.38. The number of benzene rings is 1. The average Bonchev–Trinajstić information content (AvgIpc) is 2.31. The zero-order chi connectivity index (χ0) is 13.9. The number of anilines is 1. The van der Waals surface area contributed by atoms with Crippen LogP contribution in [-0.4, -0.2) is 24.0 Å². The summed E-state index contributed by atoms with van der Waals surface area (Å²) in [5.41, 5.74) is 0.177. The normalized spacial score (nSPS) is 12.0. The fourth-order valence-corrected chi connectivity index (χ4v) is 1.32. The molecule has 0 saturated carbocycles. The summed E-state index contributed by atoms with van der Waals surface area (Å²) in [6.07, 6.45) is -0.204. The lowest BCUT2D eigenvalue weighted by Gasteiger charge is -2.18. The smallest absolute Gasteiger partial charge is 0.306 e. The van der Waals surface area contributed by atoms with E-state index in [0.29, 0.717) is 0 Å². The van der Waals surface area contributed by atoms with E-state index in [1.54, 1.807) is 0 Å². The zero-order valence-electron chi connectivity index (χ0n) is 9.98. The molecule has 0 fully saturated rings. The van der Waals surface area contributed by atoms with E-state index < -0.39 is 29.4 Å². The van der Waals surface area contributed by atoms with Gasteiger partial charge in [0.2, 0.25) is 5.91 Å². The van der Waals surface area contributed by atoms with Gasteiger partial charge in [-0.15, -0.1) is 0 Å². The van der Waals surface area contributed by atoms with E-state index in [2.05, 4.69) is 0 Å². The number of rotatable bonds is 4. The molecule has 98 valence electrons. The third kappa shape index (κ3) is 3.26. The Morgan fingerprint density at radius 1 is 1.33 bits per heavy atom. The van der Waals surface area contributed by atoms with Gasteiger partial charge in [-0.3, -0.25) is 9.59 Å². The number of nitrogens with zero attached hydrogens (tertiary/aromatic N) is 1. The summed E-state index contributed by atoms with van der Waals surface area (Å²) in [5, 5.41) is 8.68. The maximum Gasteiger partial charge on any atom is 0.306 e. The van der Waals surface area contributed by atoms with Crippen molar-refractivity contribution in [3.05, 3.63) is 29.8 Å². The molecule has 6 heteroatoms. The van der Waals surface area contributed by atoms with Crippen LogP contribution in [0.15, 0.2) is 18.2 Å². The highest BCUT2D eigenvalue weighted by Crippen LogP contribution is 2.18. The number of carbonyl (C=O) groups excluding carboxylic acids is 1. The van der Waals surface area contributed by atoms with Crippen molar-refractivity contribution in [3.63, 3.8) is 0 Å². The quantitative estimate of drug-likeness (QED) is 0.898. The Balaban J connectivity index is 2.80. The molecular formula is C12H13F2NO3. The minimum atomic E-state index is -1.08. The van der Waals surface area contributed by atoms with Gasteiger partial charge in [0.1, 0.15) is 0 Å². The maximum absolute atomic E-state index is 13.0. The summed E-state index contributed by atoms with van der Waals surface area (Å²) in [4.78, 5) is 23.4. The van der Waals surface area contributed by atoms with Crippen LogP contribution in [0, 0.1) is 17.6 Å². The summed E-state index contributed by atoms with van der Waals surface area (Å²) < 4.78 is 25.7. The van der Waals surface area contributed by atoms with Crippen LogP contribution >= 0.6 is 0 Å². The fraction of sp³-hybridized carbons (Fsp3) is 0.333. The Morgan fingerprint density at radius 3 is 2.44 bits per heavy atom. The number of carboxylic acids is 1. The van der Waals surface area contributed by atoms with Gasteiger partial charge in [-0.2, -0.15) is 0 Å². The number of aliphatic carboxylic acids is 1.